The lowest BCUT2D eigenvalue weighted by molar-refractivity contribution is -0.194. The number of ether oxygens (including phenoxy) is 4. The maximum absolute atomic E-state index is 12.4. The molecular formula is C26H31NO7. The minimum atomic E-state index is -1.23. The third kappa shape index (κ3) is 5.94. The largest absolute Gasteiger partial charge is 0.480 e. The molecule has 0 radical (unpaired) electrons. The molecule has 1 aliphatic heterocycles. The van der Waals surface area contributed by atoms with Gasteiger partial charge >= 0.3 is 12.1 Å². The average molecular weight is 470 g/mol. The van der Waals surface area contributed by atoms with Crippen molar-refractivity contribution in [3.63, 3.8) is 0 Å². The number of rotatable bonds is 10. The van der Waals surface area contributed by atoms with Gasteiger partial charge in [0.25, 0.3) is 0 Å². The van der Waals surface area contributed by atoms with Crippen LogP contribution in [0.25, 0.3) is 11.1 Å². The normalized spacial score (nSPS) is 19.0. The van der Waals surface area contributed by atoms with E-state index in [0.717, 1.165) is 41.5 Å². The number of carboxylic acid groups (broad SMARTS) is 1. The van der Waals surface area contributed by atoms with Gasteiger partial charge in [0, 0.05) is 12.5 Å². The average Bonchev–Trinajstić information content (AvgIpc) is 3.16. The van der Waals surface area contributed by atoms with Gasteiger partial charge in [-0.2, -0.15) is 0 Å². The van der Waals surface area contributed by atoms with E-state index in [0.29, 0.717) is 6.61 Å². The number of hydrogen-bond acceptors (Lipinski definition) is 6. The van der Waals surface area contributed by atoms with Crippen LogP contribution >= 0.6 is 0 Å². The molecule has 1 unspecified atom stereocenters. The standard InChI is InChI=1S/C26H31NO7/c1-17(34-24-12-6-7-13-32-24)14-31-16-23(25(28)29)27-26(30)33-15-22-20-10-4-2-8-18(20)19-9-3-5-11-21(19)22/h2-5,8-11,17,22-24H,6-7,12-16H2,1H3,(H,27,30)(H,28,29)/t17-,23-,24?/m0/s1. The molecule has 182 valence electrons. The molecule has 4 rings (SSSR count). The molecule has 1 aliphatic carbocycles. The maximum Gasteiger partial charge on any atom is 0.407 e. The molecule has 2 aliphatic rings. The summed E-state index contributed by atoms with van der Waals surface area (Å²) in [6, 6.07) is 14.8. The zero-order chi connectivity index (χ0) is 23.9. The Balaban J connectivity index is 1.25. The Morgan fingerprint density at radius 2 is 1.74 bits per heavy atom. The Kier molecular flexibility index (Phi) is 8.16. The summed E-state index contributed by atoms with van der Waals surface area (Å²) in [5.41, 5.74) is 4.42. The van der Waals surface area contributed by atoms with Crippen LogP contribution in [0.15, 0.2) is 48.5 Å². The van der Waals surface area contributed by atoms with E-state index in [4.69, 9.17) is 18.9 Å². The zero-order valence-corrected chi connectivity index (χ0v) is 19.3. The molecule has 0 aromatic heterocycles. The number of nitrogens with one attached hydrogen (secondary N) is 1. The molecule has 8 nitrogen and oxygen atoms in total. The molecule has 2 aromatic rings. The van der Waals surface area contributed by atoms with Gasteiger partial charge in [-0.15, -0.1) is 0 Å². The molecule has 34 heavy (non-hydrogen) atoms. The van der Waals surface area contributed by atoms with Gasteiger partial charge in [-0.3, -0.25) is 0 Å². The van der Waals surface area contributed by atoms with Gasteiger partial charge in [0.05, 0.1) is 19.3 Å². The molecule has 1 amide bonds. The summed E-state index contributed by atoms with van der Waals surface area (Å²) in [5, 5.41) is 11.9. The van der Waals surface area contributed by atoms with E-state index in [2.05, 4.69) is 17.4 Å². The van der Waals surface area contributed by atoms with Crippen LogP contribution in [0.1, 0.15) is 43.2 Å². The third-order valence-electron chi connectivity index (χ3n) is 6.09. The number of aliphatic carboxylic acids is 1. The van der Waals surface area contributed by atoms with Crippen molar-refractivity contribution in [1.29, 1.82) is 0 Å². The number of benzene rings is 2. The number of carboxylic acids is 1. The predicted molar refractivity (Wildman–Crippen MR) is 125 cm³/mol. The topological polar surface area (TPSA) is 103 Å². The summed E-state index contributed by atoms with van der Waals surface area (Å²) in [5.74, 6) is -1.30. The minimum absolute atomic E-state index is 0.0994. The van der Waals surface area contributed by atoms with Crippen molar-refractivity contribution in [1.82, 2.24) is 5.32 Å². The van der Waals surface area contributed by atoms with E-state index in [9.17, 15) is 14.7 Å². The summed E-state index contributed by atoms with van der Waals surface area (Å²) >= 11 is 0. The van der Waals surface area contributed by atoms with Crippen molar-refractivity contribution in [3.05, 3.63) is 59.7 Å². The molecule has 1 heterocycles. The van der Waals surface area contributed by atoms with Gasteiger partial charge < -0.3 is 29.4 Å². The summed E-state index contributed by atoms with van der Waals surface area (Å²) in [7, 11) is 0. The molecule has 0 bridgehead atoms. The zero-order valence-electron chi connectivity index (χ0n) is 19.3. The van der Waals surface area contributed by atoms with Crippen molar-refractivity contribution in [2.24, 2.45) is 0 Å². The van der Waals surface area contributed by atoms with Crippen molar-refractivity contribution in [2.75, 3.05) is 26.4 Å². The Hall–Kier alpha value is -2.94. The Bertz CT molecular complexity index is 943. The van der Waals surface area contributed by atoms with E-state index in [-0.39, 0.29) is 38.1 Å². The molecule has 0 saturated carbocycles. The van der Waals surface area contributed by atoms with E-state index in [1.807, 2.05) is 43.3 Å². The first-order valence-electron chi connectivity index (χ1n) is 11.7. The van der Waals surface area contributed by atoms with Crippen molar-refractivity contribution >= 4 is 12.1 Å². The first-order chi connectivity index (χ1) is 16.5. The third-order valence-corrected chi connectivity index (χ3v) is 6.09. The fourth-order valence-electron chi connectivity index (χ4n) is 4.43. The lowest BCUT2D eigenvalue weighted by Gasteiger charge is -2.26. The number of alkyl carbamates (subject to hydrolysis) is 1. The van der Waals surface area contributed by atoms with Crippen LogP contribution in [0, 0.1) is 0 Å². The van der Waals surface area contributed by atoms with Crippen LogP contribution < -0.4 is 5.32 Å². The van der Waals surface area contributed by atoms with E-state index >= 15 is 0 Å². The summed E-state index contributed by atoms with van der Waals surface area (Å²) in [6.07, 6.45) is 1.63. The molecule has 3 atom stereocenters. The monoisotopic (exact) mass is 469 g/mol. The minimum Gasteiger partial charge on any atom is -0.480 e. The highest BCUT2D eigenvalue weighted by Crippen LogP contribution is 2.44. The summed E-state index contributed by atoms with van der Waals surface area (Å²) < 4.78 is 22.2. The van der Waals surface area contributed by atoms with E-state index in [1.165, 1.54) is 0 Å². The summed E-state index contributed by atoms with van der Waals surface area (Å²) in [4.78, 5) is 24.0. The Morgan fingerprint density at radius 1 is 1.06 bits per heavy atom. The quantitative estimate of drug-likeness (QED) is 0.543. The highest BCUT2D eigenvalue weighted by atomic mass is 16.7. The maximum atomic E-state index is 12.4. The SMILES string of the molecule is C[C@@H](COC[C@H](NC(=O)OCC1c2ccccc2-c2ccccc21)C(=O)O)OC1CCCCO1. The van der Waals surface area contributed by atoms with Crippen molar-refractivity contribution in [3.8, 4) is 11.1 Å². The second-order valence-electron chi connectivity index (χ2n) is 8.64. The second kappa shape index (κ2) is 11.5. The molecule has 1 fully saturated rings. The van der Waals surface area contributed by atoms with Crippen LogP contribution in [0.4, 0.5) is 4.79 Å². The Morgan fingerprint density at radius 3 is 2.35 bits per heavy atom. The molecule has 0 spiro atoms. The van der Waals surface area contributed by atoms with Gasteiger partial charge in [0.15, 0.2) is 12.3 Å². The van der Waals surface area contributed by atoms with Crippen LogP contribution in [0.3, 0.4) is 0 Å². The first kappa shape index (κ1) is 24.2. The fourth-order valence-corrected chi connectivity index (χ4v) is 4.43. The van der Waals surface area contributed by atoms with Gasteiger partial charge in [-0.1, -0.05) is 48.5 Å². The number of hydrogen-bond donors (Lipinski definition) is 2. The smallest absolute Gasteiger partial charge is 0.407 e. The molecule has 2 N–H and O–H groups in total. The van der Waals surface area contributed by atoms with Crippen molar-refractivity contribution < 1.29 is 33.6 Å². The van der Waals surface area contributed by atoms with Gasteiger partial charge in [-0.05, 0) is 48.4 Å². The van der Waals surface area contributed by atoms with Crippen LogP contribution in [-0.4, -0.2) is 62.0 Å². The summed E-state index contributed by atoms with van der Waals surface area (Å²) in [6.45, 7) is 2.63. The number of carbonyl (C=O) groups is 2. The fraction of sp³-hybridized carbons (Fsp3) is 0.462. The molecular weight excluding hydrogens is 438 g/mol. The van der Waals surface area contributed by atoms with Gasteiger partial charge in [-0.25, -0.2) is 9.59 Å². The van der Waals surface area contributed by atoms with E-state index in [1.54, 1.807) is 0 Å². The highest BCUT2D eigenvalue weighted by molar-refractivity contribution is 5.81. The van der Waals surface area contributed by atoms with Crippen molar-refractivity contribution in [2.45, 2.75) is 50.5 Å². The molecule has 2 aromatic carbocycles. The second-order valence-corrected chi connectivity index (χ2v) is 8.64. The number of carbonyl (C=O) groups excluding carboxylic acids is 1. The number of amides is 1. The van der Waals surface area contributed by atoms with Crippen LogP contribution in [-0.2, 0) is 23.7 Å². The lowest BCUT2D eigenvalue weighted by atomic mass is 9.98. The predicted octanol–water partition coefficient (Wildman–Crippen LogP) is 3.93. The van der Waals surface area contributed by atoms with E-state index < -0.39 is 18.1 Å². The Labute approximate surface area is 199 Å². The van der Waals surface area contributed by atoms with Crippen LogP contribution in [0.5, 0.6) is 0 Å². The number of fused-ring (bicyclic) bond motifs is 3. The highest BCUT2D eigenvalue weighted by Gasteiger charge is 2.30. The first-order valence-corrected chi connectivity index (χ1v) is 11.7. The van der Waals surface area contributed by atoms with Gasteiger partial charge in [0.2, 0.25) is 0 Å². The van der Waals surface area contributed by atoms with Gasteiger partial charge in [0.1, 0.15) is 6.61 Å². The molecule has 1 saturated heterocycles. The molecule has 8 heteroatoms. The lowest BCUT2D eigenvalue weighted by Crippen LogP contribution is -2.45. The van der Waals surface area contributed by atoms with Crippen LogP contribution in [0.2, 0.25) is 0 Å².